The normalized spacial score (nSPS) is 10.5. The van der Waals surface area contributed by atoms with Gasteiger partial charge < -0.3 is 4.57 Å². The van der Waals surface area contributed by atoms with Crippen LogP contribution in [-0.4, -0.2) is 21.1 Å². The first-order chi connectivity index (χ1) is 8.13. The number of hydrogen-bond acceptors (Lipinski definition) is 4. The summed E-state index contributed by atoms with van der Waals surface area (Å²) in [4.78, 5) is 11.8. The predicted octanol–water partition coefficient (Wildman–Crippen LogP) is 2.74. The van der Waals surface area contributed by atoms with Crippen molar-refractivity contribution in [2.24, 2.45) is 7.05 Å². The molecule has 0 amide bonds. The summed E-state index contributed by atoms with van der Waals surface area (Å²) in [7, 11) is 1.88. The van der Waals surface area contributed by atoms with E-state index in [9.17, 15) is 4.79 Å². The molecule has 1 aromatic heterocycles. The fourth-order valence-electron chi connectivity index (χ4n) is 1.30. The summed E-state index contributed by atoms with van der Waals surface area (Å²) in [6.45, 7) is 1.87. The Labute approximate surface area is 108 Å². The van der Waals surface area contributed by atoms with E-state index in [2.05, 4.69) is 10.2 Å². The van der Waals surface area contributed by atoms with E-state index in [1.807, 2.05) is 24.6 Å². The molecule has 17 heavy (non-hydrogen) atoms. The fourth-order valence-corrected chi connectivity index (χ4v) is 2.53. The maximum atomic E-state index is 11.0. The molecule has 4 nitrogen and oxygen atoms in total. The van der Waals surface area contributed by atoms with Crippen molar-refractivity contribution in [2.45, 2.75) is 17.0 Å². The molecule has 0 aliphatic heterocycles. The van der Waals surface area contributed by atoms with Gasteiger partial charge in [-0.25, -0.2) is 0 Å². The minimum atomic E-state index is 0.448. The van der Waals surface area contributed by atoms with Crippen LogP contribution in [0.3, 0.4) is 0 Å². The van der Waals surface area contributed by atoms with Gasteiger partial charge >= 0.3 is 0 Å². The molecular formula is C11H10ClN3OS. The summed E-state index contributed by atoms with van der Waals surface area (Å²) >= 11 is 7.33. The fraction of sp³-hybridized carbons (Fsp3) is 0.182. The second-order valence-electron chi connectivity index (χ2n) is 3.46. The SMILES string of the molecule is Cc1nnc(Sc2cccc(Cl)c2C=O)n1C. The maximum absolute atomic E-state index is 11.0. The molecule has 0 fully saturated rings. The number of benzene rings is 1. The van der Waals surface area contributed by atoms with Crippen LogP contribution in [0.1, 0.15) is 16.2 Å². The van der Waals surface area contributed by atoms with Gasteiger partial charge in [-0.1, -0.05) is 17.7 Å². The molecule has 1 aromatic carbocycles. The van der Waals surface area contributed by atoms with Crippen LogP contribution < -0.4 is 0 Å². The zero-order valence-electron chi connectivity index (χ0n) is 9.35. The molecule has 0 saturated heterocycles. The third-order valence-electron chi connectivity index (χ3n) is 2.38. The maximum Gasteiger partial charge on any atom is 0.195 e. The van der Waals surface area contributed by atoms with E-state index in [4.69, 9.17) is 11.6 Å². The van der Waals surface area contributed by atoms with Crippen LogP contribution in [0, 0.1) is 6.92 Å². The number of carbonyl (C=O) groups excluding carboxylic acids is 1. The smallest absolute Gasteiger partial charge is 0.195 e. The van der Waals surface area contributed by atoms with Gasteiger partial charge in [0.1, 0.15) is 5.82 Å². The minimum Gasteiger partial charge on any atom is -0.309 e. The zero-order valence-corrected chi connectivity index (χ0v) is 10.9. The third-order valence-corrected chi connectivity index (χ3v) is 3.83. The van der Waals surface area contributed by atoms with Gasteiger partial charge in [-0.15, -0.1) is 10.2 Å². The highest BCUT2D eigenvalue weighted by molar-refractivity contribution is 7.99. The van der Waals surface area contributed by atoms with Crippen LogP contribution in [-0.2, 0) is 7.05 Å². The molecule has 0 bridgehead atoms. The van der Waals surface area contributed by atoms with Gasteiger partial charge in [0, 0.05) is 17.5 Å². The van der Waals surface area contributed by atoms with Crippen molar-refractivity contribution in [2.75, 3.05) is 0 Å². The lowest BCUT2D eigenvalue weighted by Gasteiger charge is -2.05. The van der Waals surface area contributed by atoms with Crippen LogP contribution in [0.2, 0.25) is 5.02 Å². The van der Waals surface area contributed by atoms with Crippen LogP contribution in [0.15, 0.2) is 28.3 Å². The van der Waals surface area contributed by atoms with Gasteiger partial charge in [0.25, 0.3) is 0 Å². The third kappa shape index (κ3) is 2.35. The monoisotopic (exact) mass is 267 g/mol. The Bertz CT molecular complexity index is 568. The first-order valence-corrected chi connectivity index (χ1v) is 6.10. The molecule has 2 rings (SSSR count). The molecule has 6 heteroatoms. The summed E-state index contributed by atoms with van der Waals surface area (Å²) < 4.78 is 1.86. The van der Waals surface area contributed by atoms with E-state index in [1.54, 1.807) is 12.1 Å². The first kappa shape index (κ1) is 12.1. The van der Waals surface area contributed by atoms with Crippen molar-refractivity contribution in [3.05, 3.63) is 34.6 Å². The zero-order chi connectivity index (χ0) is 12.4. The van der Waals surface area contributed by atoms with E-state index in [-0.39, 0.29) is 0 Å². The number of aldehydes is 1. The topological polar surface area (TPSA) is 47.8 Å². The molecule has 0 spiro atoms. The van der Waals surface area contributed by atoms with Crippen LogP contribution in [0.5, 0.6) is 0 Å². The molecule has 0 saturated carbocycles. The van der Waals surface area contributed by atoms with Crippen molar-refractivity contribution in [3.63, 3.8) is 0 Å². The number of aromatic nitrogens is 3. The minimum absolute atomic E-state index is 0.448. The van der Waals surface area contributed by atoms with Crippen LogP contribution >= 0.6 is 23.4 Å². The second kappa shape index (κ2) is 4.89. The highest BCUT2D eigenvalue weighted by Gasteiger charge is 2.11. The molecule has 0 unspecified atom stereocenters. The number of hydrogen-bond donors (Lipinski definition) is 0. The summed E-state index contributed by atoms with van der Waals surface area (Å²) in [5.41, 5.74) is 0.486. The Morgan fingerprint density at radius 1 is 1.41 bits per heavy atom. The van der Waals surface area contributed by atoms with Crippen molar-refractivity contribution in [1.29, 1.82) is 0 Å². The Morgan fingerprint density at radius 2 is 2.18 bits per heavy atom. The summed E-state index contributed by atoms with van der Waals surface area (Å²) in [5, 5.41) is 9.17. The molecule has 0 radical (unpaired) electrons. The Morgan fingerprint density at radius 3 is 2.76 bits per heavy atom. The summed E-state index contributed by atoms with van der Waals surface area (Å²) in [6, 6.07) is 5.34. The van der Waals surface area contributed by atoms with E-state index in [0.29, 0.717) is 10.6 Å². The van der Waals surface area contributed by atoms with Crippen molar-refractivity contribution in [1.82, 2.24) is 14.8 Å². The predicted molar refractivity (Wildman–Crippen MR) is 66.7 cm³/mol. The number of nitrogens with zero attached hydrogens (tertiary/aromatic N) is 3. The standard InChI is InChI=1S/C11H10ClN3OS/c1-7-13-14-11(15(7)2)17-10-5-3-4-9(12)8(10)6-16/h3-6H,1-2H3. The number of carbonyl (C=O) groups is 1. The molecule has 0 aliphatic carbocycles. The van der Waals surface area contributed by atoms with Gasteiger partial charge in [0.05, 0.1) is 5.02 Å². The lowest BCUT2D eigenvalue weighted by Crippen LogP contribution is -1.94. The number of aryl methyl sites for hydroxylation is 1. The molecule has 1 heterocycles. The van der Waals surface area contributed by atoms with E-state index in [0.717, 1.165) is 22.2 Å². The van der Waals surface area contributed by atoms with Gasteiger partial charge in [0.2, 0.25) is 0 Å². The molecule has 0 aliphatic rings. The Hall–Kier alpha value is -1.33. The molecule has 0 N–H and O–H groups in total. The highest BCUT2D eigenvalue weighted by Crippen LogP contribution is 2.31. The molecule has 0 atom stereocenters. The Kier molecular flexibility index (Phi) is 3.49. The van der Waals surface area contributed by atoms with Gasteiger partial charge in [-0.2, -0.15) is 0 Å². The Balaban J connectivity index is 2.39. The molecule has 88 valence electrons. The average Bonchev–Trinajstić information content (AvgIpc) is 2.61. The van der Waals surface area contributed by atoms with Gasteiger partial charge in [-0.3, -0.25) is 4.79 Å². The summed E-state index contributed by atoms with van der Waals surface area (Å²) in [6.07, 6.45) is 0.758. The molecule has 2 aromatic rings. The largest absolute Gasteiger partial charge is 0.309 e. The first-order valence-electron chi connectivity index (χ1n) is 4.91. The molecular weight excluding hydrogens is 258 g/mol. The van der Waals surface area contributed by atoms with Crippen molar-refractivity contribution < 1.29 is 4.79 Å². The quantitative estimate of drug-likeness (QED) is 0.803. The summed E-state index contributed by atoms with van der Waals surface area (Å²) in [5.74, 6) is 0.821. The lowest BCUT2D eigenvalue weighted by molar-refractivity contribution is 0.112. The van der Waals surface area contributed by atoms with Crippen molar-refractivity contribution >= 4 is 29.6 Å². The second-order valence-corrected chi connectivity index (χ2v) is 4.88. The number of halogens is 1. The lowest BCUT2D eigenvalue weighted by atomic mass is 10.2. The van der Waals surface area contributed by atoms with Gasteiger partial charge in [-0.05, 0) is 30.8 Å². The van der Waals surface area contributed by atoms with Crippen molar-refractivity contribution in [3.8, 4) is 0 Å². The van der Waals surface area contributed by atoms with E-state index >= 15 is 0 Å². The van der Waals surface area contributed by atoms with Gasteiger partial charge in [0.15, 0.2) is 11.4 Å². The number of rotatable bonds is 3. The highest BCUT2D eigenvalue weighted by atomic mass is 35.5. The van der Waals surface area contributed by atoms with E-state index < -0.39 is 0 Å². The van der Waals surface area contributed by atoms with Crippen LogP contribution in [0.4, 0.5) is 0 Å². The van der Waals surface area contributed by atoms with Crippen LogP contribution in [0.25, 0.3) is 0 Å². The average molecular weight is 268 g/mol. The van der Waals surface area contributed by atoms with E-state index in [1.165, 1.54) is 11.8 Å².